The lowest BCUT2D eigenvalue weighted by atomic mass is 9.54. The molecule has 12 heteroatoms. The Hall–Kier alpha value is -2.22. The number of benzene rings is 1. The van der Waals surface area contributed by atoms with Crippen LogP contribution in [0.3, 0.4) is 0 Å². The number of rotatable bonds is 16. The van der Waals surface area contributed by atoms with E-state index < -0.39 is 37.9 Å². The smallest absolute Gasteiger partial charge is 0.390 e. The molecule has 0 heterocycles. The second kappa shape index (κ2) is 15.8. The molecule has 5 atom stereocenters. The first-order valence-electron chi connectivity index (χ1n) is 16.9. The Labute approximate surface area is 288 Å². The third-order valence-electron chi connectivity index (χ3n) is 10.8. The lowest BCUT2D eigenvalue weighted by Crippen LogP contribution is -2.40. The molecule has 1 aromatic rings. The van der Waals surface area contributed by atoms with Gasteiger partial charge in [-0.2, -0.15) is 16.8 Å². The van der Waals surface area contributed by atoms with E-state index in [1.807, 2.05) is 13.8 Å². The molecule has 2 aliphatic rings. The van der Waals surface area contributed by atoms with Crippen molar-refractivity contribution in [3.63, 3.8) is 0 Å². The van der Waals surface area contributed by atoms with Gasteiger partial charge in [-0.15, -0.1) is 0 Å². The van der Waals surface area contributed by atoms with E-state index in [-0.39, 0.29) is 22.8 Å². The first-order chi connectivity index (χ1) is 22.0. The van der Waals surface area contributed by atoms with E-state index in [2.05, 4.69) is 44.0 Å². The van der Waals surface area contributed by atoms with Crippen molar-refractivity contribution in [1.82, 2.24) is 0 Å². The highest BCUT2D eigenvalue weighted by molar-refractivity contribution is 7.81. The van der Waals surface area contributed by atoms with Gasteiger partial charge in [0.05, 0.1) is 11.7 Å². The van der Waals surface area contributed by atoms with Crippen molar-refractivity contribution in [2.45, 2.75) is 137 Å². The van der Waals surface area contributed by atoms with Crippen molar-refractivity contribution in [3.8, 4) is 11.5 Å². The molecule has 0 saturated heterocycles. The minimum absolute atomic E-state index is 0.0381. The summed E-state index contributed by atoms with van der Waals surface area (Å²) in [5.41, 5.74) is 3.86. The molecule has 1 aromatic carbocycles. The summed E-state index contributed by atoms with van der Waals surface area (Å²) in [6, 6.07) is 3.69. The summed E-state index contributed by atoms with van der Waals surface area (Å²) in [6.07, 6.45) is 12.9. The van der Waals surface area contributed by atoms with Gasteiger partial charge in [-0.3, -0.25) is 9.11 Å². The number of aliphatic hydroxyl groups is 2. The number of allylic oxidation sites excluding steroid dienone is 6. The van der Waals surface area contributed by atoms with Gasteiger partial charge in [0, 0.05) is 5.56 Å². The van der Waals surface area contributed by atoms with Crippen molar-refractivity contribution < 1.29 is 44.5 Å². The molecule has 10 nitrogen and oxygen atoms in total. The average molecular weight is 713 g/mol. The van der Waals surface area contributed by atoms with E-state index in [4.69, 9.17) is 4.18 Å². The van der Waals surface area contributed by atoms with E-state index in [0.29, 0.717) is 31.2 Å². The average Bonchev–Trinajstić information content (AvgIpc) is 2.93. The minimum Gasteiger partial charge on any atom is -0.390 e. The van der Waals surface area contributed by atoms with Gasteiger partial charge >= 0.3 is 20.8 Å². The Kier molecular flexibility index (Phi) is 13.2. The summed E-state index contributed by atoms with van der Waals surface area (Å²) >= 11 is 0. The van der Waals surface area contributed by atoms with E-state index >= 15 is 0 Å². The number of aliphatic hydroxyl groups excluding tert-OH is 1. The molecule has 272 valence electrons. The second-order valence-electron chi connectivity index (χ2n) is 15.0. The van der Waals surface area contributed by atoms with Gasteiger partial charge in [0.2, 0.25) is 0 Å². The van der Waals surface area contributed by atoms with Crippen LogP contribution < -0.4 is 8.37 Å². The van der Waals surface area contributed by atoms with Gasteiger partial charge in [0.15, 0.2) is 0 Å². The fourth-order valence-corrected chi connectivity index (χ4v) is 8.37. The first kappa shape index (κ1) is 40.2. The third kappa shape index (κ3) is 11.1. The Morgan fingerprint density at radius 3 is 2.31 bits per heavy atom. The van der Waals surface area contributed by atoms with Crippen LogP contribution in [0.4, 0.5) is 0 Å². The molecule has 3 rings (SSSR count). The highest BCUT2D eigenvalue weighted by atomic mass is 32.3. The topological polar surface area (TPSA) is 168 Å². The van der Waals surface area contributed by atoms with Gasteiger partial charge in [-0.25, -0.2) is 0 Å². The van der Waals surface area contributed by atoms with E-state index in [0.717, 1.165) is 57.4 Å². The predicted octanol–water partition coefficient (Wildman–Crippen LogP) is 7.88. The van der Waals surface area contributed by atoms with Gasteiger partial charge in [0.25, 0.3) is 0 Å². The van der Waals surface area contributed by atoms with Crippen molar-refractivity contribution in [2.75, 3.05) is 0 Å². The standard InChI is InChI=1S/C36H56O10S2/c1-25(2)11-8-22-36(7,38)33(37)19-14-26(3)12-9-20-34(5)21-10-13-31-30(34)17-15-27(4)35(31,6)24-28-23-29(45-47(39,40)41)16-18-32(28)46-48(42,43)44/h11-12,16,18,23,27,33,37-38H,8-10,13-15,17,19-22,24H2,1-7H3,(H,39,40,41)(H,42,43,44)/b26-12+/t27-,33-,34?,35+,36+/m0/s1. The molecule has 0 radical (unpaired) electrons. The van der Waals surface area contributed by atoms with Crippen LogP contribution in [0.1, 0.15) is 125 Å². The molecule has 0 fully saturated rings. The molecule has 0 amide bonds. The fourth-order valence-electron chi connectivity index (χ4n) is 7.63. The van der Waals surface area contributed by atoms with E-state index in [1.165, 1.54) is 34.4 Å². The van der Waals surface area contributed by atoms with Crippen LogP contribution in [0.25, 0.3) is 0 Å². The monoisotopic (exact) mass is 712 g/mol. The Morgan fingerprint density at radius 1 is 1.02 bits per heavy atom. The maximum absolute atomic E-state index is 11.7. The molecule has 48 heavy (non-hydrogen) atoms. The van der Waals surface area contributed by atoms with Crippen LogP contribution in [0.15, 0.2) is 52.6 Å². The van der Waals surface area contributed by atoms with Gasteiger partial charge in [-0.1, -0.05) is 55.2 Å². The summed E-state index contributed by atoms with van der Waals surface area (Å²) in [4.78, 5) is 0. The zero-order valence-electron chi connectivity index (χ0n) is 29.6. The van der Waals surface area contributed by atoms with Gasteiger partial charge < -0.3 is 18.6 Å². The predicted molar refractivity (Wildman–Crippen MR) is 188 cm³/mol. The molecule has 4 N–H and O–H groups in total. The Balaban J connectivity index is 1.81. The van der Waals surface area contributed by atoms with Crippen LogP contribution in [-0.4, -0.2) is 47.9 Å². The molecule has 2 aliphatic carbocycles. The quantitative estimate of drug-likeness (QED) is 0.0978. The van der Waals surface area contributed by atoms with Crippen molar-refractivity contribution in [3.05, 3.63) is 58.2 Å². The van der Waals surface area contributed by atoms with Crippen LogP contribution in [0.2, 0.25) is 0 Å². The molecular weight excluding hydrogens is 657 g/mol. The van der Waals surface area contributed by atoms with Crippen LogP contribution >= 0.6 is 0 Å². The molecule has 0 aromatic heterocycles. The van der Waals surface area contributed by atoms with Gasteiger partial charge in [0.1, 0.15) is 11.5 Å². The molecular formula is C36H56O10S2. The molecule has 0 spiro atoms. The summed E-state index contributed by atoms with van der Waals surface area (Å²) < 4.78 is 74.4. The molecule has 0 bridgehead atoms. The summed E-state index contributed by atoms with van der Waals surface area (Å²) in [5, 5.41) is 21.5. The Bertz CT molecular complexity index is 1600. The third-order valence-corrected chi connectivity index (χ3v) is 11.6. The zero-order chi connectivity index (χ0) is 36.1. The Morgan fingerprint density at radius 2 is 1.69 bits per heavy atom. The molecule has 0 aliphatic heterocycles. The maximum Gasteiger partial charge on any atom is 0.446 e. The summed E-state index contributed by atoms with van der Waals surface area (Å²) in [6.45, 7) is 14.5. The lowest BCUT2D eigenvalue weighted by Gasteiger charge is -2.51. The maximum atomic E-state index is 11.7. The van der Waals surface area contributed by atoms with Crippen LogP contribution in [0, 0.1) is 16.7 Å². The summed E-state index contributed by atoms with van der Waals surface area (Å²) in [5.74, 6) is -0.136. The minimum atomic E-state index is -4.86. The zero-order valence-corrected chi connectivity index (χ0v) is 31.2. The van der Waals surface area contributed by atoms with Crippen LogP contribution in [0.5, 0.6) is 11.5 Å². The van der Waals surface area contributed by atoms with Crippen molar-refractivity contribution in [2.24, 2.45) is 16.7 Å². The summed E-state index contributed by atoms with van der Waals surface area (Å²) in [7, 11) is -9.68. The highest BCUT2D eigenvalue weighted by Crippen LogP contribution is 2.58. The number of hydrogen-bond donors (Lipinski definition) is 4. The molecule has 1 unspecified atom stereocenters. The first-order valence-corrected chi connectivity index (χ1v) is 19.7. The normalized spacial score (nSPS) is 25.6. The highest BCUT2D eigenvalue weighted by Gasteiger charge is 2.46. The van der Waals surface area contributed by atoms with Crippen molar-refractivity contribution >= 4 is 20.8 Å². The van der Waals surface area contributed by atoms with Crippen molar-refractivity contribution in [1.29, 1.82) is 0 Å². The van der Waals surface area contributed by atoms with Gasteiger partial charge in [-0.05, 0) is 140 Å². The largest absolute Gasteiger partial charge is 0.446 e. The van der Waals surface area contributed by atoms with E-state index in [9.17, 15) is 36.2 Å². The SMILES string of the molecule is CC(C)=CCC[C@@](C)(O)[C@@H](O)CC/C(C)=C/CCC1(C)CCCC2=C1CC[C@H](C)[C@@]2(C)Cc1cc(OS(=O)(=O)O)ccc1OS(=O)(=O)O. The van der Waals surface area contributed by atoms with E-state index in [1.54, 1.807) is 6.92 Å². The fraction of sp³-hybridized carbons (Fsp3) is 0.667. The lowest BCUT2D eigenvalue weighted by molar-refractivity contribution is -0.0691. The number of hydrogen-bond acceptors (Lipinski definition) is 8. The second-order valence-corrected chi connectivity index (χ2v) is 17.1. The molecule has 0 saturated carbocycles. The van der Waals surface area contributed by atoms with Crippen LogP contribution in [-0.2, 0) is 27.2 Å².